The molecule has 0 amide bonds. The van der Waals surface area contributed by atoms with Gasteiger partial charge in [-0.3, -0.25) is 0 Å². The van der Waals surface area contributed by atoms with Crippen molar-refractivity contribution in [2.24, 2.45) is 0 Å². The van der Waals surface area contributed by atoms with Crippen LogP contribution >= 0.6 is 0 Å². The molecule has 0 fully saturated rings. The molecule has 0 saturated carbocycles. The predicted octanol–water partition coefficient (Wildman–Crippen LogP) is 0.898. The van der Waals surface area contributed by atoms with Gasteiger partial charge in [-0.1, -0.05) is 13.3 Å². The van der Waals surface area contributed by atoms with Crippen molar-refractivity contribution in [3.8, 4) is 0 Å². The van der Waals surface area contributed by atoms with E-state index in [1.54, 1.807) is 0 Å². The van der Waals surface area contributed by atoms with Crippen molar-refractivity contribution in [1.29, 1.82) is 0 Å². The molecule has 0 N–H and O–H groups in total. The molecule has 0 heterocycles. The number of rotatable bonds is 3. The van der Waals surface area contributed by atoms with Crippen LogP contribution < -0.4 is 5.11 Å². The Morgan fingerprint density at radius 2 is 1.90 bits per heavy atom. The van der Waals surface area contributed by atoms with Gasteiger partial charge < -0.3 is 9.90 Å². The summed E-state index contributed by atoms with van der Waals surface area (Å²) < 4.78 is 0. The van der Waals surface area contributed by atoms with Crippen LogP contribution in [0.4, 0.5) is 0 Å². The van der Waals surface area contributed by atoms with Gasteiger partial charge in [-0.05, 0) is 12.8 Å². The van der Waals surface area contributed by atoms with E-state index in [0.717, 1.165) is 12.8 Å². The van der Waals surface area contributed by atoms with Gasteiger partial charge >= 0.3 is 30.2 Å². The molecule has 0 aliphatic heterocycles. The zero-order valence-corrected chi connectivity index (χ0v) is 9.82. The van der Waals surface area contributed by atoms with Crippen LogP contribution in [0.5, 0.6) is 0 Å². The fraction of sp³-hybridized carbons (Fsp3) is 0.857. The molecule has 0 aromatic heterocycles. The van der Waals surface area contributed by atoms with Crippen LogP contribution in [0.3, 0.4) is 0 Å². The standard InChI is InChI=1S/C5H10O2.C2H5.Zn/c1-2-3-4-5(6)7;1-2;/h2-4H2,1H3,(H,6,7);1H2,2H3;/q;;+1/p-1. The summed E-state index contributed by atoms with van der Waals surface area (Å²) in [6, 6.07) is 0. The summed E-state index contributed by atoms with van der Waals surface area (Å²) in [6.07, 6.45) is 1.87. The SMILES string of the molecule is CCCCC(=O)[O-].C[CH2][Zn+]. The Morgan fingerprint density at radius 3 is 2.00 bits per heavy atom. The number of carbonyl (C=O) groups is 1. The van der Waals surface area contributed by atoms with Crippen LogP contribution in [0.25, 0.3) is 0 Å². The molecule has 0 saturated heterocycles. The fourth-order valence-electron chi connectivity index (χ4n) is 0.321. The summed E-state index contributed by atoms with van der Waals surface area (Å²) in [5.74, 6) is -0.943. The molecule has 0 aromatic carbocycles. The first-order valence-corrected chi connectivity index (χ1v) is 5.77. The van der Waals surface area contributed by atoms with Crippen molar-refractivity contribution >= 4 is 5.97 Å². The number of hydrogen-bond donors (Lipinski definition) is 0. The Kier molecular flexibility index (Phi) is 15.1. The average Bonchev–Trinajstić information content (AvgIpc) is 1.85. The van der Waals surface area contributed by atoms with E-state index in [-0.39, 0.29) is 6.42 Å². The number of hydrogen-bond acceptors (Lipinski definition) is 2. The van der Waals surface area contributed by atoms with Gasteiger partial charge in [0.1, 0.15) is 0 Å². The number of unbranched alkanes of at least 4 members (excludes halogenated alkanes) is 1. The summed E-state index contributed by atoms with van der Waals surface area (Å²) in [5, 5.41) is 11.0. The molecule has 0 aliphatic carbocycles. The first-order chi connectivity index (χ1) is 4.68. The minimum absolute atomic E-state index is 0.205. The van der Waals surface area contributed by atoms with Crippen molar-refractivity contribution in [3.63, 3.8) is 0 Å². The van der Waals surface area contributed by atoms with E-state index in [1.165, 1.54) is 23.3 Å². The van der Waals surface area contributed by atoms with E-state index < -0.39 is 5.97 Å². The monoisotopic (exact) mass is 194 g/mol. The van der Waals surface area contributed by atoms with Crippen LogP contribution in [0.2, 0.25) is 5.02 Å². The normalized spacial score (nSPS) is 8.00. The van der Waals surface area contributed by atoms with E-state index in [0.29, 0.717) is 0 Å². The van der Waals surface area contributed by atoms with Crippen molar-refractivity contribution in [3.05, 3.63) is 0 Å². The van der Waals surface area contributed by atoms with Crippen LogP contribution in [0.15, 0.2) is 0 Å². The van der Waals surface area contributed by atoms with E-state index in [1.807, 2.05) is 6.92 Å². The van der Waals surface area contributed by atoms with Crippen molar-refractivity contribution in [1.82, 2.24) is 0 Å². The van der Waals surface area contributed by atoms with Crippen LogP contribution in [0.1, 0.15) is 33.1 Å². The summed E-state index contributed by atoms with van der Waals surface area (Å²) in [5.41, 5.74) is 0. The molecule has 0 aromatic rings. The number of carboxylic acid groups (broad SMARTS) is 1. The molecular weight excluding hydrogens is 181 g/mol. The molecule has 2 nitrogen and oxygen atoms in total. The first kappa shape index (κ1) is 12.7. The van der Waals surface area contributed by atoms with Crippen LogP contribution in [-0.2, 0) is 23.1 Å². The number of aliphatic carboxylic acids is 1. The summed E-state index contributed by atoms with van der Waals surface area (Å²) in [4.78, 5) is 9.65. The zero-order valence-electron chi connectivity index (χ0n) is 6.85. The summed E-state index contributed by atoms with van der Waals surface area (Å²) in [7, 11) is 0. The second-order valence-electron chi connectivity index (χ2n) is 1.98. The molecule has 0 spiro atoms. The van der Waals surface area contributed by atoms with E-state index in [9.17, 15) is 9.90 Å². The average molecular weight is 196 g/mol. The topological polar surface area (TPSA) is 40.1 Å². The third-order valence-electron chi connectivity index (χ3n) is 0.734. The molecular formula is C7H14O2Zn. The van der Waals surface area contributed by atoms with Crippen molar-refractivity contribution in [2.75, 3.05) is 0 Å². The molecule has 0 radical (unpaired) electrons. The molecule has 0 rings (SSSR count). The molecule has 0 unspecified atom stereocenters. The van der Waals surface area contributed by atoms with Gasteiger partial charge in [-0.2, -0.15) is 0 Å². The maximum absolute atomic E-state index is 9.65. The molecule has 56 valence electrons. The van der Waals surface area contributed by atoms with Gasteiger partial charge in [0.05, 0.1) is 0 Å². The van der Waals surface area contributed by atoms with Crippen LogP contribution in [-0.4, -0.2) is 5.97 Å². The predicted molar refractivity (Wildman–Crippen MR) is 35.0 cm³/mol. The molecule has 0 bridgehead atoms. The van der Waals surface area contributed by atoms with E-state index in [4.69, 9.17) is 0 Å². The molecule has 0 aliphatic rings. The zero-order chi connectivity index (χ0) is 8.41. The third-order valence-corrected chi connectivity index (χ3v) is 0.734. The van der Waals surface area contributed by atoms with Gasteiger partial charge in [0.25, 0.3) is 0 Å². The van der Waals surface area contributed by atoms with E-state index in [2.05, 4.69) is 6.92 Å². The Morgan fingerprint density at radius 1 is 1.50 bits per heavy atom. The Bertz CT molecular complexity index is 74.0. The molecule has 10 heavy (non-hydrogen) atoms. The molecule has 0 atom stereocenters. The van der Waals surface area contributed by atoms with Gasteiger partial charge in [0.15, 0.2) is 0 Å². The Labute approximate surface area is 72.7 Å². The second-order valence-corrected chi connectivity index (χ2v) is 4.07. The second kappa shape index (κ2) is 11.8. The van der Waals surface area contributed by atoms with Gasteiger partial charge in [-0.25, -0.2) is 0 Å². The Hall–Kier alpha value is 0.0934. The van der Waals surface area contributed by atoms with E-state index >= 15 is 0 Å². The van der Waals surface area contributed by atoms with Gasteiger partial charge in [0, 0.05) is 5.97 Å². The first-order valence-electron chi connectivity index (χ1n) is 3.68. The fourth-order valence-corrected chi connectivity index (χ4v) is 0.321. The number of carboxylic acids is 1. The van der Waals surface area contributed by atoms with Gasteiger partial charge in [-0.15, -0.1) is 0 Å². The van der Waals surface area contributed by atoms with Crippen LogP contribution in [0, 0.1) is 0 Å². The van der Waals surface area contributed by atoms with Crippen molar-refractivity contribution < 1.29 is 28.2 Å². The molecule has 3 heteroatoms. The summed E-state index contributed by atoms with van der Waals surface area (Å²) in [6.45, 7) is 4.13. The number of carbonyl (C=O) groups excluding carboxylic acids is 1. The maximum atomic E-state index is 9.65. The Balaban J connectivity index is 0. The minimum atomic E-state index is -0.943. The van der Waals surface area contributed by atoms with Crippen molar-refractivity contribution in [2.45, 2.75) is 38.1 Å². The summed E-state index contributed by atoms with van der Waals surface area (Å²) >= 11 is 1.44. The third kappa shape index (κ3) is 24.3. The van der Waals surface area contributed by atoms with Gasteiger partial charge in [0.2, 0.25) is 0 Å². The quantitative estimate of drug-likeness (QED) is 0.628.